The lowest BCUT2D eigenvalue weighted by Crippen LogP contribution is -1.98. The molecular formula is C14H15NO. The van der Waals surface area contributed by atoms with Crippen LogP contribution in [0.15, 0.2) is 24.3 Å². The van der Waals surface area contributed by atoms with E-state index in [4.69, 9.17) is 0 Å². The van der Waals surface area contributed by atoms with Crippen molar-refractivity contribution >= 4 is 16.7 Å². The van der Waals surface area contributed by atoms with E-state index in [9.17, 15) is 4.79 Å². The molecule has 0 aliphatic carbocycles. The fourth-order valence-corrected chi connectivity index (χ4v) is 1.92. The second-order valence-corrected chi connectivity index (χ2v) is 4.07. The standard InChI is InChI=1S/C14H15NO/c1-4-11-5-6-14-13(8-11)12(10(3)16)7-9(2)15-14/h5-8H,4H2,1-3H3. The first-order chi connectivity index (χ1) is 7.61. The molecule has 1 aromatic heterocycles. The minimum atomic E-state index is 0.101. The van der Waals surface area contributed by atoms with E-state index in [1.54, 1.807) is 6.92 Å². The Kier molecular flexibility index (Phi) is 2.73. The summed E-state index contributed by atoms with van der Waals surface area (Å²) in [6.07, 6.45) is 0.973. The number of benzene rings is 1. The molecule has 2 heteroatoms. The van der Waals surface area contributed by atoms with Crippen LogP contribution in [-0.2, 0) is 6.42 Å². The zero-order valence-corrected chi connectivity index (χ0v) is 9.87. The lowest BCUT2D eigenvalue weighted by Gasteiger charge is -2.06. The van der Waals surface area contributed by atoms with Gasteiger partial charge in [0.1, 0.15) is 0 Å². The number of nitrogens with zero attached hydrogens (tertiary/aromatic N) is 1. The van der Waals surface area contributed by atoms with E-state index in [1.807, 2.05) is 19.1 Å². The lowest BCUT2D eigenvalue weighted by atomic mass is 10.0. The number of fused-ring (bicyclic) bond motifs is 1. The molecule has 0 N–H and O–H groups in total. The molecular weight excluding hydrogens is 198 g/mol. The molecule has 2 aromatic rings. The average molecular weight is 213 g/mol. The highest BCUT2D eigenvalue weighted by Gasteiger charge is 2.08. The van der Waals surface area contributed by atoms with E-state index in [0.717, 1.165) is 28.6 Å². The first-order valence-electron chi connectivity index (χ1n) is 5.53. The number of pyridine rings is 1. The summed E-state index contributed by atoms with van der Waals surface area (Å²) in [6.45, 7) is 5.63. The zero-order chi connectivity index (χ0) is 11.7. The van der Waals surface area contributed by atoms with Crippen molar-refractivity contribution in [1.82, 2.24) is 4.98 Å². The maximum atomic E-state index is 11.6. The summed E-state index contributed by atoms with van der Waals surface area (Å²) in [5, 5.41) is 0.970. The van der Waals surface area contributed by atoms with Crippen molar-refractivity contribution in [1.29, 1.82) is 0 Å². The van der Waals surface area contributed by atoms with E-state index in [2.05, 4.69) is 24.0 Å². The predicted octanol–water partition coefficient (Wildman–Crippen LogP) is 3.31. The number of Topliss-reactive ketones (excluding diaryl/α,β-unsaturated/α-hetero) is 1. The molecule has 0 saturated carbocycles. The van der Waals surface area contributed by atoms with Crippen LogP contribution in [0.5, 0.6) is 0 Å². The van der Waals surface area contributed by atoms with Gasteiger partial charge < -0.3 is 0 Å². The van der Waals surface area contributed by atoms with Crippen LogP contribution in [0.3, 0.4) is 0 Å². The summed E-state index contributed by atoms with van der Waals surface area (Å²) in [5.41, 5.74) is 3.81. The number of hydrogen-bond acceptors (Lipinski definition) is 2. The third-order valence-corrected chi connectivity index (χ3v) is 2.79. The van der Waals surface area contributed by atoms with E-state index in [1.165, 1.54) is 5.56 Å². The van der Waals surface area contributed by atoms with Gasteiger partial charge in [-0.2, -0.15) is 0 Å². The Hall–Kier alpha value is -1.70. The van der Waals surface area contributed by atoms with Crippen LogP contribution in [0.2, 0.25) is 0 Å². The topological polar surface area (TPSA) is 30.0 Å². The zero-order valence-electron chi connectivity index (χ0n) is 9.87. The monoisotopic (exact) mass is 213 g/mol. The van der Waals surface area contributed by atoms with Crippen molar-refractivity contribution in [2.75, 3.05) is 0 Å². The van der Waals surface area contributed by atoms with Crippen LogP contribution in [-0.4, -0.2) is 10.8 Å². The molecule has 0 amide bonds. The Morgan fingerprint density at radius 2 is 2.06 bits per heavy atom. The minimum Gasteiger partial charge on any atom is -0.294 e. The number of aryl methyl sites for hydroxylation is 2. The number of carbonyl (C=O) groups excluding carboxylic acids is 1. The van der Waals surface area contributed by atoms with Gasteiger partial charge in [-0.1, -0.05) is 13.0 Å². The van der Waals surface area contributed by atoms with Crippen molar-refractivity contribution in [3.05, 3.63) is 41.1 Å². The molecule has 16 heavy (non-hydrogen) atoms. The molecule has 82 valence electrons. The van der Waals surface area contributed by atoms with Crippen LogP contribution < -0.4 is 0 Å². The summed E-state index contributed by atoms with van der Waals surface area (Å²) in [6, 6.07) is 7.99. The van der Waals surface area contributed by atoms with Crippen LogP contribution in [0.25, 0.3) is 10.9 Å². The number of aromatic nitrogens is 1. The Labute approximate surface area is 95.3 Å². The molecule has 2 nitrogen and oxygen atoms in total. The molecule has 0 aliphatic rings. The fraction of sp³-hybridized carbons (Fsp3) is 0.286. The molecule has 0 saturated heterocycles. The number of rotatable bonds is 2. The van der Waals surface area contributed by atoms with Crippen LogP contribution in [0.4, 0.5) is 0 Å². The fourth-order valence-electron chi connectivity index (χ4n) is 1.92. The third kappa shape index (κ3) is 1.83. The smallest absolute Gasteiger partial charge is 0.160 e. The number of ketones is 1. The van der Waals surface area contributed by atoms with Gasteiger partial charge in [-0.05, 0) is 44.0 Å². The van der Waals surface area contributed by atoms with Gasteiger partial charge in [-0.25, -0.2) is 0 Å². The second-order valence-electron chi connectivity index (χ2n) is 4.07. The molecule has 0 spiro atoms. The molecule has 1 aromatic carbocycles. The van der Waals surface area contributed by atoms with Gasteiger partial charge >= 0.3 is 0 Å². The summed E-state index contributed by atoms with van der Waals surface area (Å²) in [7, 11) is 0. The molecule has 0 unspecified atom stereocenters. The lowest BCUT2D eigenvalue weighted by molar-refractivity contribution is 0.101. The van der Waals surface area contributed by atoms with Crippen molar-refractivity contribution in [3.63, 3.8) is 0 Å². The Morgan fingerprint density at radius 3 is 2.69 bits per heavy atom. The number of carbonyl (C=O) groups is 1. The van der Waals surface area contributed by atoms with E-state index in [0.29, 0.717) is 0 Å². The first kappa shape index (κ1) is 10.8. The Balaban J connectivity index is 2.80. The van der Waals surface area contributed by atoms with Crippen LogP contribution in [0.1, 0.15) is 35.5 Å². The molecule has 2 rings (SSSR count). The Morgan fingerprint density at radius 1 is 1.31 bits per heavy atom. The van der Waals surface area contributed by atoms with Gasteiger partial charge in [-0.3, -0.25) is 9.78 Å². The van der Waals surface area contributed by atoms with Crippen molar-refractivity contribution in [2.24, 2.45) is 0 Å². The Bertz CT molecular complexity index is 558. The molecule has 0 fully saturated rings. The van der Waals surface area contributed by atoms with Crippen molar-refractivity contribution in [2.45, 2.75) is 27.2 Å². The van der Waals surface area contributed by atoms with Crippen LogP contribution in [0, 0.1) is 6.92 Å². The SMILES string of the molecule is CCc1ccc2nc(C)cc(C(C)=O)c2c1. The largest absolute Gasteiger partial charge is 0.294 e. The van der Waals surface area contributed by atoms with Crippen molar-refractivity contribution < 1.29 is 4.79 Å². The van der Waals surface area contributed by atoms with E-state index in [-0.39, 0.29) is 5.78 Å². The predicted molar refractivity (Wildman–Crippen MR) is 65.9 cm³/mol. The quantitative estimate of drug-likeness (QED) is 0.716. The minimum absolute atomic E-state index is 0.101. The summed E-state index contributed by atoms with van der Waals surface area (Å²) in [5.74, 6) is 0.101. The van der Waals surface area contributed by atoms with Gasteiger partial charge in [0.05, 0.1) is 5.52 Å². The van der Waals surface area contributed by atoms with Gasteiger partial charge in [0.25, 0.3) is 0 Å². The van der Waals surface area contributed by atoms with E-state index < -0.39 is 0 Å². The highest BCUT2D eigenvalue weighted by atomic mass is 16.1. The second kappa shape index (κ2) is 4.05. The van der Waals surface area contributed by atoms with Gasteiger partial charge in [0.15, 0.2) is 5.78 Å². The third-order valence-electron chi connectivity index (χ3n) is 2.79. The normalized spacial score (nSPS) is 10.7. The van der Waals surface area contributed by atoms with Gasteiger partial charge in [0.2, 0.25) is 0 Å². The highest BCUT2D eigenvalue weighted by molar-refractivity contribution is 6.06. The van der Waals surface area contributed by atoms with Crippen LogP contribution >= 0.6 is 0 Å². The maximum Gasteiger partial charge on any atom is 0.160 e. The average Bonchev–Trinajstić information content (AvgIpc) is 2.27. The van der Waals surface area contributed by atoms with Gasteiger partial charge in [-0.15, -0.1) is 0 Å². The van der Waals surface area contributed by atoms with Crippen molar-refractivity contribution in [3.8, 4) is 0 Å². The molecule has 0 bridgehead atoms. The summed E-state index contributed by atoms with van der Waals surface area (Å²) >= 11 is 0. The highest BCUT2D eigenvalue weighted by Crippen LogP contribution is 2.20. The maximum absolute atomic E-state index is 11.6. The van der Waals surface area contributed by atoms with E-state index >= 15 is 0 Å². The number of hydrogen-bond donors (Lipinski definition) is 0. The molecule has 0 aliphatic heterocycles. The summed E-state index contributed by atoms with van der Waals surface area (Å²) < 4.78 is 0. The summed E-state index contributed by atoms with van der Waals surface area (Å²) in [4.78, 5) is 16.0. The molecule has 0 atom stereocenters. The first-order valence-corrected chi connectivity index (χ1v) is 5.53. The molecule has 1 heterocycles. The van der Waals surface area contributed by atoms with Gasteiger partial charge in [0, 0.05) is 16.6 Å². The molecule has 0 radical (unpaired) electrons.